The molecule has 0 aromatic carbocycles. The average molecular weight is 1270 g/mol. The van der Waals surface area contributed by atoms with Gasteiger partial charge < -0.3 is 133 Å². The summed E-state index contributed by atoms with van der Waals surface area (Å²) < 4.78 is 70.6. The number of aliphatic hydroxyl groups is 15. The summed E-state index contributed by atoms with van der Waals surface area (Å²) in [7, 11) is 2.62. The molecule has 88 heavy (non-hydrogen) atoms. The number of carbonyl (C=O) groups is 2. The predicted octanol–water partition coefficient (Wildman–Crippen LogP) is -4.54. The number of hydrogen-bond acceptors (Lipinski definition) is 29. The largest absolute Gasteiger partial charge is 0.468 e. The number of hydrogen-bond donors (Lipinski definition) is 15. The topological polar surface area (TPSA) is 448 Å². The van der Waals surface area contributed by atoms with Crippen molar-refractivity contribution in [2.24, 2.45) is 50.2 Å². The Morgan fingerprint density at radius 1 is 0.625 bits per heavy atom. The lowest BCUT2D eigenvalue weighted by Gasteiger charge is -2.72. The number of methoxy groups -OCH3 is 2. The summed E-state index contributed by atoms with van der Waals surface area (Å²) >= 11 is 0. The Kier molecular flexibility index (Phi) is 19.6. The molecule has 504 valence electrons. The smallest absolute Gasteiger partial charge is 0.317 e. The van der Waals surface area contributed by atoms with Gasteiger partial charge in [0.15, 0.2) is 31.3 Å². The van der Waals surface area contributed by atoms with Gasteiger partial charge in [0.25, 0.3) is 0 Å². The quantitative estimate of drug-likeness (QED) is 0.0417. The second-order valence-corrected chi connectivity index (χ2v) is 28.2. The number of rotatable bonds is 15. The van der Waals surface area contributed by atoms with E-state index in [1.165, 1.54) is 21.1 Å². The van der Waals surface area contributed by atoms with Gasteiger partial charge in [-0.3, -0.25) is 9.59 Å². The molecule has 10 rings (SSSR count). The van der Waals surface area contributed by atoms with E-state index in [9.17, 15) is 81.4 Å². The summed E-state index contributed by atoms with van der Waals surface area (Å²) in [6.45, 7) is 7.94. The Hall–Kier alpha value is -2.32. The Balaban J connectivity index is 0.884. The molecule has 29 heteroatoms. The maximum Gasteiger partial charge on any atom is 0.317 e. The van der Waals surface area contributed by atoms with Gasteiger partial charge in [0.2, 0.25) is 6.29 Å². The monoisotopic (exact) mass is 1270 g/mol. The highest BCUT2D eigenvalue weighted by molar-refractivity contribution is 5.80. The van der Waals surface area contributed by atoms with Gasteiger partial charge in [-0.1, -0.05) is 46.3 Å². The number of fused-ring (bicyclic) bond motifs is 7. The van der Waals surface area contributed by atoms with Crippen molar-refractivity contribution in [2.45, 2.75) is 240 Å². The third kappa shape index (κ3) is 10.8. The molecule has 9 fully saturated rings. The molecule has 4 saturated carbocycles. The molecule has 10 aliphatic rings. The Morgan fingerprint density at radius 3 is 1.92 bits per heavy atom. The van der Waals surface area contributed by atoms with E-state index in [4.69, 9.17) is 56.8 Å². The summed E-state index contributed by atoms with van der Waals surface area (Å²) in [6, 6.07) is 0. The lowest BCUT2D eigenvalue weighted by Crippen LogP contribution is -2.72. The molecule has 15 N–H and O–H groups in total. The van der Waals surface area contributed by atoms with Crippen molar-refractivity contribution in [3.8, 4) is 0 Å². The summed E-state index contributed by atoms with van der Waals surface area (Å²) in [5.41, 5.74) is -7.31. The van der Waals surface area contributed by atoms with E-state index in [2.05, 4.69) is 40.7 Å². The van der Waals surface area contributed by atoms with Crippen LogP contribution in [0.1, 0.15) is 92.9 Å². The maximum absolute atomic E-state index is 15.5. The first kappa shape index (κ1) is 68.5. The number of aliphatic hydroxyl groups excluding tert-OH is 14. The Morgan fingerprint density at radius 2 is 1.27 bits per heavy atom. The Bertz CT molecular complexity index is 2510. The SMILES string of the molecule is COC(=O)[C@]1(CO)[C@H](O[C@@H]2O[C@H](CO)[C@H](O)[C@H](O)[C@@H]2O)[C@H](OC)C[C@]2(C)[C@@H]1CC[C@@]1(C)[C@H]2CC=C2[C@H]3CC(C)(C)CC[C@@]3(C(=O)O[C@H]3OC[C@H](O)[C@@H](O)[C@@H]3O[C@@H]3O[C@H](C)[C@@H](O[C@@H]4OC[C@@H](O)[C@@H](O[C@@H]5OC[C@](O)(CO)[C@@H]5O)[C@@H]4O)[C@@H](O)[C@H]3O)[C@@H](O)C[C@]21C. The van der Waals surface area contributed by atoms with Crippen molar-refractivity contribution < 1.29 is 143 Å². The molecule has 5 saturated heterocycles. The van der Waals surface area contributed by atoms with Crippen LogP contribution in [0, 0.1) is 50.2 Å². The normalized spacial score (nSPS) is 53.6. The second-order valence-electron chi connectivity index (χ2n) is 28.2. The highest BCUT2D eigenvalue weighted by Gasteiger charge is 2.75. The van der Waals surface area contributed by atoms with Crippen LogP contribution < -0.4 is 0 Å². The zero-order chi connectivity index (χ0) is 64.3. The molecule has 0 unspecified atom stereocenters. The van der Waals surface area contributed by atoms with Crippen molar-refractivity contribution >= 4 is 11.9 Å². The van der Waals surface area contributed by atoms with Crippen LogP contribution in [0.3, 0.4) is 0 Å². The van der Waals surface area contributed by atoms with Crippen LogP contribution in [0.2, 0.25) is 0 Å². The molecule has 5 aliphatic carbocycles. The molecular formula is C59H94O29. The third-order valence-electron chi connectivity index (χ3n) is 23.0. The minimum Gasteiger partial charge on any atom is -0.468 e. The highest BCUT2D eigenvalue weighted by Crippen LogP contribution is 2.76. The van der Waals surface area contributed by atoms with E-state index in [-0.39, 0.29) is 30.6 Å². The minimum atomic E-state index is -2.08. The number of ether oxygens (including phenoxy) is 12. The fraction of sp³-hybridized carbons (Fsp3) is 0.932. The molecule has 0 spiro atoms. The molecule has 0 aromatic heterocycles. The highest BCUT2D eigenvalue weighted by atomic mass is 16.8. The standard InChI is InChI=1S/C59H94O29/c1-24-41(84-46-40(72)42(28(64)20-79-46)85-50-44(73)57(76,21-61)23-81-50)37(69)39(71)47(82-24)86-43-34(66)27(63)19-80-49(43)88-52(75)58-14-13-53(2,3)15-26(58)25-9-10-31-54(4)16-29(77-7)45(87-48-38(70)36(68)35(67)30(18-60)83-48)59(22-62,51(74)78-8)32(54)11-12-55(31,5)56(25,6)17-33(58)65/h9,24,26-50,60-73,76H,10-23H2,1-8H3/t24-,26-,27+,28-,29-,30-,31+,32+,33+,34-,35+,36+,37+,38+,39-,40+,41-,42-,43+,44-,45-,46+,47+,48+,49-,50+,54+,55+,56-,57-,58+,59+/m1/s1. The molecule has 0 amide bonds. The summed E-state index contributed by atoms with van der Waals surface area (Å²) in [6.07, 6.45) is -32.7. The maximum atomic E-state index is 15.5. The molecule has 29 nitrogen and oxygen atoms in total. The number of allylic oxidation sites excluding steroid dienone is 2. The molecule has 0 radical (unpaired) electrons. The van der Waals surface area contributed by atoms with E-state index >= 15 is 4.79 Å². The second kappa shape index (κ2) is 25.1. The predicted molar refractivity (Wildman–Crippen MR) is 291 cm³/mol. The molecule has 0 aromatic rings. The van der Waals surface area contributed by atoms with Crippen molar-refractivity contribution in [3.05, 3.63) is 11.6 Å². The van der Waals surface area contributed by atoms with Crippen LogP contribution in [-0.2, 0) is 66.4 Å². The van der Waals surface area contributed by atoms with Crippen molar-refractivity contribution in [2.75, 3.05) is 53.9 Å². The van der Waals surface area contributed by atoms with E-state index in [1.807, 2.05) is 0 Å². The number of carbonyl (C=O) groups excluding carboxylic acids is 2. The Labute approximate surface area is 509 Å². The van der Waals surface area contributed by atoms with Crippen molar-refractivity contribution in [3.63, 3.8) is 0 Å². The zero-order valence-corrected chi connectivity index (χ0v) is 50.9. The zero-order valence-electron chi connectivity index (χ0n) is 50.9. The summed E-state index contributed by atoms with van der Waals surface area (Å²) in [5.74, 6) is -3.27. The van der Waals surface area contributed by atoms with Gasteiger partial charge in [-0.25, -0.2) is 0 Å². The van der Waals surface area contributed by atoms with E-state index in [0.717, 1.165) is 5.57 Å². The molecule has 0 bridgehead atoms. The first-order chi connectivity index (χ1) is 41.3. The lowest BCUT2D eigenvalue weighted by atomic mass is 9.33. The number of esters is 2. The molecule has 5 aliphatic heterocycles. The van der Waals surface area contributed by atoms with Gasteiger partial charge in [-0.2, -0.15) is 0 Å². The molecular weight excluding hydrogens is 1170 g/mol. The lowest BCUT2D eigenvalue weighted by molar-refractivity contribution is -0.372. The van der Waals surface area contributed by atoms with Crippen LogP contribution in [0.5, 0.6) is 0 Å². The molecule has 32 atom stereocenters. The van der Waals surface area contributed by atoms with Crippen LogP contribution in [0.4, 0.5) is 0 Å². The first-order valence-electron chi connectivity index (χ1n) is 30.7. The van der Waals surface area contributed by atoms with Gasteiger partial charge in [0, 0.05) is 7.11 Å². The van der Waals surface area contributed by atoms with E-state index in [0.29, 0.717) is 32.1 Å². The van der Waals surface area contributed by atoms with Crippen LogP contribution in [0.25, 0.3) is 0 Å². The van der Waals surface area contributed by atoms with E-state index in [1.54, 1.807) is 0 Å². The summed E-state index contributed by atoms with van der Waals surface area (Å²) in [5, 5.41) is 165. The third-order valence-corrected chi connectivity index (χ3v) is 23.0. The van der Waals surface area contributed by atoms with Crippen LogP contribution in [-0.4, -0.2) is 289 Å². The van der Waals surface area contributed by atoms with E-state index < -0.39 is 237 Å². The van der Waals surface area contributed by atoms with Gasteiger partial charge in [-0.05, 0) is 97.7 Å². The van der Waals surface area contributed by atoms with Crippen molar-refractivity contribution in [1.29, 1.82) is 0 Å². The summed E-state index contributed by atoms with van der Waals surface area (Å²) in [4.78, 5) is 30.1. The van der Waals surface area contributed by atoms with Crippen LogP contribution in [0.15, 0.2) is 11.6 Å². The average Bonchev–Trinajstić information content (AvgIpc) is 0.701. The van der Waals surface area contributed by atoms with Crippen LogP contribution >= 0.6 is 0 Å². The fourth-order valence-electron chi connectivity index (χ4n) is 17.7. The van der Waals surface area contributed by atoms with Gasteiger partial charge in [-0.15, -0.1) is 0 Å². The van der Waals surface area contributed by atoms with Crippen molar-refractivity contribution in [1.82, 2.24) is 0 Å². The minimum absolute atomic E-state index is 0.0649. The van der Waals surface area contributed by atoms with Gasteiger partial charge >= 0.3 is 11.9 Å². The van der Waals surface area contributed by atoms with Gasteiger partial charge in [0.1, 0.15) is 102 Å². The van der Waals surface area contributed by atoms with Gasteiger partial charge in [0.05, 0.1) is 65.1 Å². The first-order valence-corrected chi connectivity index (χ1v) is 30.7. The molecule has 5 heterocycles. The fourth-order valence-corrected chi connectivity index (χ4v) is 17.7.